The van der Waals surface area contributed by atoms with Crippen LogP contribution < -0.4 is 15.4 Å². The lowest BCUT2D eigenvalue weighted by atomic mass is 9.94. The normalized spacial score (nSPS) is 16.5. The number of carboxylic acid groups (broad SMARTS) is 1. The minimum atomic E-state index is -5.08. The van der Waals surface area contributed by atoms with Crippen LogP contribution in [0.4, 0.5) is 32.2 Å². The molecule has 0 aliphatic carbocycles. The smallest absolute Gasteiger partial charge is 0.507 e. The van der Waals surface area contributed by atoms with Crippen LogP contribution in [0.3, 0.4) is 0 Å². The van der Waals surface area contributed by atoms with Crippen molar-refractivity contribution in [2.24, 2.45) is 5.73 Å². The molecule has 0 radical (unpaired) electrons. The lowest BCUT2D eigenvalue weighted by molar-refractivity contribution is -0.274. The van der Waals surface area contributed by atoms with Crippen molar-refractivity contribution in [1.29, 1.82) is 0 Å². The number of aliphatic hydroxyl groups excluding tert-OH is 1. The molecule has 234 valence electrons. The van der Waals surface area contributed by atoms with Gasteiger partial charge in [-0.15, -0.1) is 18.3 Å². The Balaban J connectivity index is 0.000000676. The number of anilines is 1. The molecule has 0 unspecified atom stereocenters. The Labute approximate surface area is 245 Å². The lowest BCUT2D eigenvalue weighted by Gasteiger charge is -2.24. The van der Waals surface area contributed by atoms with E-state index in [0.717, 1.165) is 22.6 Å². The molecule has 2 aromatic carbocycles. The summed E-state index contributed by atoms with van der Waals surface area (Å²) in [5, 5.41) is 26.2. The minimum absolute atomic E-state index is 0.00845. The number of Topliss-reactive ketones (excluding diaryl/α,β-unsaturated/α-hetero) is 1. The third-order valence-corrected chi connectivity index (χ3v) is 6.13. The van der Waals surface area contributed by atoms with Gasteiger partial charge in [0.25, 0.3) is 5.78 Å². The molecule has 0 bridgehead atoms. The number of benzene rings is 2. The zero-order chi connectivity index (χ0) is 33.0. The van der Waals surface area contributed by atoms with Crippen LogP contribution in [-0.4, -0.2) is 50.6 Å². The number of hydrogen-bond acceptors (Lipinski definition) is 8. The van der Waals surface area contributed by atoms with Gasteiger partial charge in [-0.2, -0.15) is 18.3 Å². The largest absolute Gasteiger partial charge is 0.573 e. The number of hydrogen-bond donors (Lipinski definition) is 3. The van der Waals surface area contributed by atoms with Crippen molar-refractivity contribution >= 4 is 29.2 Å². The fourth-order valence-electron chi connectivity index (χ4n) is 4.01. The average Bonchev–Trinajstić information content (AvgIpc) is 3.22. The van der Waals surface area contributed by atoms with Gasteiger partial charge in [-0.3, -0.25) is 14.5 Å². The Hall–Kier alpha value is -4.99. The van der Waals surface area contributed by atoms with E-state index in [1.54, 1.807) is 24.3 Å². The Bertz CT molecular complexity index is 1540. The molecule has 0 spiro atoms. The van der Waals surface area contributed by atoms with Gasteiger partial charge in [0.2, 0.25) is 0 Å². The maximum atomic E-state index is 13.2. The van der Waals surface area contributed by atoms with E-state index >= 15 is 0 Å². The summed E-state index contributed by atoms with van der Waals surface area (Å²) >= 11 is 0. The maximum Gasteiger partial charge on any atom is 0.573 e. The van der Waals surface area contributed by atoms with Gasteiger partial charge < -0.3 is 20.7 Å². The van der Waals surface area contributed by atoms with E-state index in [2.05, 4.69) is 14.9 Å². The molecule has 10 nitrogen and oxygen atoms in total. The lowest BCUT2D eigenvalue weighted by Crippen LogP contribution is -2.30. The quantitative estimate of drug-likeness (QED) is 0.145. The summed E-state index contributed by atoms with van der Waals surface area (Å²) in [6, 6.07) is 13.3. The molecule has 4 rings (SSSR count). The number of carbonyl (C=O) groups is 3. The Morgan fingerprint density at radius 3 is 1.93 bits per heavy atom. The third-order valence-electron chi connectivity index (χ3n) is 6.13. The summed E-state index contributed by atoms with van der Waals surface area (Å²) in [6.45, 7) is 4.11. The second-order valence-corrected chi connectivity index (χ2v) is 9.45. The summed E-state index contributed by atoms with van der Waals surface area (Å²) in [6.07, 6.45) is -9.97. The highest BCUT2D eigenvalue weighted by atomic mass is 19.4. The Morgan fingerprint density at radius 1 is 0.932 bits per heavy atom. The molecule has 0 saturated carbocycles. The standard InChI is InChI=1S/C26H23F3N4O4.C2HF3O2/c1-14(2)15-3-5-17(6-4-15)23(34)21-22(16-7-10-19(11-8-16)37-26(27,28)29)33(25(36)24(21)35)20-12-9-18(13-30)31-32-20;3-2(4,5)1(6)7/h3-12,14,22,34H,13,30H2,1-2H3;(H,6,7)/b23-21+;/t22-;/m0./s1. The number of aliphatic carboxylic acids is 1. The molecule has 4 N–H and O–H groups in total. The zero-order valence-electron chi connectivity index (χ0n) is 22.8. The predicted octanol–water partition coefficient (Wildman–Crippen LogP) is 5.22. The zero-order valence-corrected chi connectivity index (χ0v) is 22.8. The van der Waals surface area contributed by atoms with E-state index in [0.29, 0.717) is 11.3 Å². The number of nitrogens with two attached hydrogens (primary N) is 1. The number of alkyl halides is 6. The van der Waals surface area contributed by atoms with E-state index in [4.69, 9.17) is 15.6 Å². The minimum Gasteiger partial charge on any atom is -0.507 e. The first-order valence-electron chi connectivity index (χ1n) is 12.5. The average molecular weight is 627 g/mol. The van der Waals surface area contributed by atoms with Crippen LogP contribution >= 0.6 is 0 Å². The molecule has 1 saturated heterocycles. The van der Waals surface area contributed by atoms with E-state index < -0.39 is 47.7 Å². The van der Waals surface area contributed by atoms with Gasteiger partial charge in [0.1, 0.15) is 11.5 Å². The van der Waals surface area contributed by atoms with Gasteiger partial charge >= 0.3 is 24.4 Å². The second kappa shape index (κ2) is 13.1. The molecule has 1 aliphatic heterocycles. The van der Waals surface area contributed by atoms with Crippen molar-refractivity contribution in [1.82, 2.24) is 10.2 Å². The molecule has 1 fully saturated rings. The third kappa shape index (κ3) is 7.89. The number of aliphatic hydroxyl groups is 1. The fourth-order valence-corrected chi connectivity index (χ4v) is 4.01. The highest BCUT2D eigenvalue weighted by Gasteiger charge is 2.48. The number of carbonyl (C=O) groups excluding carboxylic acids is 2. The van der Waals surface area contributed by atoms with Crippen molar-refractivity contribution in [2.45, 2.75) is 44.9 Å². The van der Waals surface area contributed by atoms with E-state index in [-0.39, 0.29) is 29.4 Å². The van der Waals surface area contributed by atoms with Crippen molar-refractivity contribution in [3.05, 3.63) is 88.6 Å². The highest BCUT2D eigenvalue weighted by molar-refractivity contribution is 6.51. The number of carboxylic acids is 1. The first-order valence-corrected chi connectivity index (χ1v) is 12.5. The monoisotopic (exact) mass is 626 g/mol. The van der Waals surface area contributed by atoms with Gasteiger partial charge in [0, 0.05) is 12.1 Å². The predicted molar refractivity (Wildman–Crippen MR) is 142 cm³/mol. The molecule has 1 aromatic heterocycles. The van der Waals surface area contributed by atoms with E-state index in [9.17, 15) is 41.0 Å². The van der Waals surface area contributed by atoms with E-state index in [1.807, 2.05) is 13.8 Å². The first kappa shape index (κ1) is 33.5. The molecule has 1 amide bonds. The summed E-state index contributed by atoms with van der Waals surface area (Å²) in [4.78, 5) is 36.3. The molecule has 44 heavy (non-hydrogen) atoms. The number of ether oxygens (including phenoxy) is 1. The second-order valence-electron chi connectivity index (χ2n) is 9.45. The maximum absolute atomic E-state index is 13.2. The van der Waals surface area contributed by atoms with Crippen molar-refractivity contribution < 1.29 is 55.7 Å². The number of amides is 1. The summed E-state index contributed by atoms with van der Waals surface area (Å²) in [5.74, 6) is -5.38. The summed E-state index contributed by atoms with van der Waals surface area (Å²) < 4.78 is 73.6. The SMILES string of the molecule is CC(C)c1ccc(/C(O)=C2\C(=O)C(=O)N(c3ccc(CN)nn3)[C@H]2c2ccc(OC(F)(F)F)cc2)cc1.O=C(O)C(F)(F)F. The van der Waals surface area contributed by atoms with Crippen LogP contribution in [0, 0.1) is 0 Å². The van der Waals surface area contributed by atoms with Crippen molar-refractivity contribution in [3.8, 4) is 5.75 Å². The molecule has 1 aliphatic rings. The van der Waals surface area contributed by atoms with Crippen LogP contribution in [0.25, 0.3) is 5.76 Å². The van der Waals surface area contributed by atoms with Crippen LogP contribution in [0.2, 0.25) is 0 Å². The Morgan fingerprint density at radius 2 is 1.50 bits per heavy atom. The van der Waals surface area contributed by atoms with Crippen molar-refractivity contribution in [3.63, 3.8) is 0 Å². The number of aromatic nitrogens is 2. The molecule has 16 heteroatoms. The van der Waals surface area contributed by atoms with Gasteiger partial charge in [0.15, 0.2) is 5.82 Å². The molecule has 3 aromatic rings. The van der Waals surface area contributed by atoms with Gasteiger partial charge in [-0.05, 0) is 41.3 Å². The topological polar surface area (TPSA) is 156 Å². The number of nitrogens with zero attached hydrogens (tertiary/aromatic N) is 3. The van der Waals surface area contributed by atoms with Crippen LogP contribution in [-0.2, 0) is 20.9 Å². The highest BCUT2D eigenvalue weighted by Crippen LogP contribution is 2.42. The van der Waals surface area contributed by atoms with Crippen molar-refractivity contribution in [2.75, 3.05) is 4.90 Å². The number of halogens is 6. The number of ketones is 1. The van der Waals surface area contributed by atoms with Gasteiger partial charge in [0.05, 0.1) is 17.3 Å². The molecule has 1 atom stereocenters. The number of rotatable bonds is 6. The van der Waals surface area contributed by atoms with E-state index in [1.165, 1.54) is 24.3 Å². The molecule has 2 heterocycles. The molecular weight excluding hydrogens is 602 g/mol. The summed E-state index contributed by atoms with van der Waals surface area (Å²) in [7, 11) is 0. The van der Waals surface area contributed by atoms with Crippen LogP contribution in [0.5, 0.6) is 5.75 Å². The fraction of sp³-hybridized carbons (Fsp3) is 0.250. The van der Waals surface area contributed by atoms with Gasteiger partial charge in [-0.1, -0.05) is 50.2 Å². The Kier molecular flexibility index (Phi) is 9.99. The van der Waals surface area contributed by atoms with Gasteiger partial charge in [-0.25, -0.2) is 4.79 Å². The summed E-state index contributed by atoms with van der Waals surface area (Å²) in [5.41, 5.74) is 7.32. The van der Waals surface area contributed by atoms with Crippen LogP contribution in [0.1, 0.15) is 48.2 Å². The van der Waals surface area contributed by atoms with Crippen LogP contribution in [0.15, 0.2) is 66.2 Å². The molecular formula is C28H24F6N4O6. The first-order chi connectivity index (χ1) is 20.4.